The highest BCUT2D eigenvalue weighted by Gasteiger charge is 2.13. The molecule has 1 aliphatic heterocycles. The second-order valence-corrected chi connectivity index (χ2v) is 5.98. The molecule has 0 unspecified atom stereocenters. The minimum Gasteiger partial charge on any atom is -0.377 e. The number of nitrogens with one attached hydrogen (secondary N) is 1. The second kappa shape index (κ2) is 7.45. The van der Waals surface area contributed by atoms with Crippen molar-refractivity contribution < 1.29 is 4.74 Å². The Morgan fingerprint density at radius 2 is 2.14 bits per heavy atom. The molecule has 0 saturated carbocycles. The van der Waals surface area contributed by atoms with Crippen LogP contribution < -0.4 is 11.1 Å². The minimum absolute atomic E-state index is 0.520. The van der Waals surface area contributed by atoms with Gasteiger partial charge in [0.15, 0.2) is 5.96 Å². The van der Waals surface area contributed by atoms with Gasteiger partial charge in [0.1, 0.15) is 0 Å². The van der Waals surface area contributed by atoms with Crippen LogP contribution in [-0.4, -0.2) is 25.7 Å². The van der Waals surface area contributed by atoms with Crippen LogP contribution in [0, 0.1) is 0 Å². The van der Waals surface area contributed by atoms with Gasteiger partial charge in [-0.2, -0.15) is 0 Å². The standard InChI is InChI=1S/C18H25N3O/c19-18(20-11-8-14-9-12-22-13-10-14)21-17-7-3-5-15-4-1-2-6-16(15)17/h3,5,7,9H,1-2,4,6,8,10-13H2,(H3,19,20,21). The van der Waals surface area contributed by atoms with Crippen molar-refractivity contribution in [2.24, 2.45) is 10.7 Å². The predicted molar refractivity (Wildman–Crippen MR) is 91.3 cm³/mol. The fourth-order valence-electron chi connectivity index (χ4n) is 3.19. The Labute approximate surface area is 132 Å². The van der Waals surface area contributed by atoms with Crippen molar-refractivity contribution in [1.29, 1.82) is 0 Å². The zero-order valence-electron chi connectivity index (χ0n) is 13.1. The molecule has 0 atom stereocenters. The number of rotatable bonds is 4. The lowest BCUT2D eigenvalue weighted by molar-refractivity contribution is 0.153. The Hall–Kier alpha value is -1.81. The summed E-state index contributed by atoms with van der Waals surface area (Å²) in [4.78, 5) is 4.46. The smallest absolute Gasteiger partial charge is 0.193 e. The fourth-order valence-corrected chi connectivity index (χ4v) is 3.19. The number of aliphatic imine (C=N–C) groups is 1. The van der Waals surface area contributed by atoms with E-state index in [1.54, 1.807) is 0 Å². The molecule has 0 aromatic heterocycles. The van der Waals surface area contributed by atoms with E-state index in [1.165, 1.54) is 36.0 Å². The molecule has 1 heterocycles. The summed E-state index contributed by atoms with van der Waals surface area (Å²) in [6.07, 6.45) is 9.03. The van der Waals surface area contributed by atoms with Crippen molar-refractivity contribution in [2.45, 2.75) is 38.5 Å². The Morgan fingerprint density at radius 3 is 3.00 bits per heavy atom. The van der Waals surface area contributed by atoms with Crippen LogP contribution in [0.1, 0.15) is 36.8 Å². The lowest BCUT2D eigenvalue weighted by Crippen LogP contribution is -2.24. The zero-order chi connectivity index (χ0) is 15.2. The third kappa shape index (κ3) is 3.89. The number of nitrogens with two attached hydrogens (primary N) is 1. The molecule has 4 nitrogen and oxygen atoms in total. The van der Waals surface area contributed by atoms with Crippen LogP contribution in [0.15, 0.2) is 34.8 Å². The highest BCUT2D eigenvalue weighted by Crippen LogP contribution is 2.27. The van der Waals surface area contributed by atoms with Crippen LogP contribution in [0.2, 0.25) is 0 Å². The highest BCUT2D eigenvalue weighted by molar-refractivity contribution is 5.93. The lowest BCUT2D eigenvalue weighted by Gasteiger charge is -2.19. The first-order valence-corrected chi connectivity index (χ1v) is 8.26. The van der Waals surface area contributed by atoms with E-state index in [1.807, 2.05) is 0 Å². The van der Waals surface area contributed by atoms with Gasteiger partial charge in [-0.3, -0.25) is 4.99 Å². The molecule has 0 bridgehead atoms. The first kappa shape index (κ1) is 15.1. The molecule has 22 heavy (non-hydrogen) atoms. The quantitative estimate of drug-likeness (QED) is 0.510. The summed E-state index contributed by atoms with van der Waals surface area (Å²) < 4.78 is 5.31. The summed E-state index contributed by atoms with van der Waals surface area (Å²) in [7, 11) is 0. The van der Waals surface area contributed by atoms with Crippen molar-refractivity contribution in [3.63, 3.8) is 0 Å². The summed E-state index contributed by atoms with van der Waals surface area (Å²) in [6, 6.07) is 6.44. The molecular weight excluding hydrogens is 274 g/mol. The van der Waals surface area contributed by atoms with Crippen molar-refractivity contribution in [1.82, 2.24) is 0 Å². The van der Waals surface area contributed by atoms with Crippen molar-refractivity contribution in [3.05, 3.63) is 41.0 Å². The van der Waals surface area contributed by atoms with Crippen LogP contribution in [0.3, 0.4) is 0 Å². The molecule has 0 spiro atoms. The molecule has 1 aliphatic carbocycles. The van der Waals surface area contributed by atoms with Gasteiger partial charge in [-0.1, -0.05) is 23.8 Å². The number of benzene rings is 1. The maximum absolute atomic E-state index is 6.05. The predicted octanol–water partition coefficient (Wildman–Crippen LogP) is 3.03. The van der Waals surface area contributed by atoms with Gasteiger partial charge in [0, 0.05) is 12.2 Å². The molecule has 2 aliphatic rings. The Balaban J connectivity index is 1.58. The summed E-state index contributed by atoms with van der Waals surface area (Å²) >= 11 is 0. The van der Waals surface area contributed by atoms with E-state index in [-0.39, 0.29) is 0 Å². The van der Waals surface area contributed by atoms with E-state index in [0.717, 1.165) is 44.7 Å². The van der Waals surface area contributed by atoms with Crippen LogP contribution in [-0.2, 0) is 17.6 Å². The molecule has 0 radical (unpaired) electrons. The van der Waals surface area contributed by atoms with Crippen LogP contribution in [0.5, 0.6) is 0 Å². The van der Waals surface area contributed by atoms with E-state index in [4.69, 9.17) is 10.5 Å². The largest absolute Gasteiger partial charge is 0.377 e. The number of hydrogen-bond acceptors (Lipinski definition) is 2. The second-order valence-electron chi connectivity index (χ2n) is 5.98. The van der Waals surface area contributed by atoms with Crippen LogP contribution >= 0.6 is 0 Å². The van der Waals surface area contributed by atoms with Gasteiger partial charge in [-0.25, -0.2) is 0 Å². The first-order chi connectivity index (χ1) is 10.8. The summed E-state index contributed by atoms with van der Waals surface area (Å²) in [6.45, 7) is 2.31. The average Bonchev–Trinajstić information content (AvgIpc) is 2.56. The first-order valence-electron chi connectivity index (χ1n) is 8.26. The zero-order valence-corrected chi connectivity index (χ0v) is 13.1. The topological polar surface area (TPSA) is 59.6 Å². The molecule has 1 aromatic carbocycles. The van der Waals surface area contributed by atoms with Gasteiger partial charge in [0.25, 0.3) is 0 Å². The third-order valence-corrected chi connectivity index (χ3v) is 4.43. The third-order valence-electron chi connectivity index (χ3n) is 4.43. The van der Waals surface area contributed by atoms with Crippen LogP contribution in [0.25, 0.3) is 0 Å². The van der Waals surface area contributed by atoms with Gasteiger partial charge in [-0.15, -0.1) is 0 Å². The monoisotopic (exact) mass is 299 g/mol. The van der Waals surface area contributed by atoms with Gasteiger partial charge in [0.2, 0.25) is 0 Å². The molecule has 0 amide bonds. The molecule has 0 saturated heterocycles. The molecule has 3 N–H and O–H groups in total. The van der Waals surface area contributed by atoms with Gasteiger partial charge in [-0.05, 0) is 55.7 Å². The van der Waals surface area contributed by atoms with Crippen LogP contribution in [0.4, 0.5) is 5.69 Å². The minimum atomic E-state index is 0.520. The number of ether oxygens (including phenoxy) is 1. The number of nitrogens with zero attached hydrogens (tertiary/aromatic N) is 1. The van der Waals surface area contributed by atoms with Gasteiger partial charge < -0.3 is 15.8 Å². The van der Waals surface area contributed by atoms with Crippen molar-refractivity contribution in [3.8, 4) is 0 Å². The number of fused-ring (bicyclic) bond motifs is 1. The van der Waals surface area contributed by atoms with E-state index in [2.05, 4.69) is 34.6 Å². The Kier molecular flexibility index (Phi) is 5.11. The summed E-state index contributed by atoms with van der Waals surface area (Å²) in [5, 5.41) is 3.29. The van der Waals surface area contributed by atoms with Crippen molar-refractivity contribution >= 4 is 11.6 Å². The summed E-state index contributed by atoms with van der Waals surface area (Å²) in [5.74, 6) is 0.520. The number of guanidine groups is 1. The molecule has 1 aromatic rings. The summed E-state index contributed by atoms with van der Waals surface area (Å²) in [5.41, 5.74) is 11.5. The Morgan fingerprint density at radius 1 is 1.23 bits per heavy atom. The Bertz CT molecular complexity index is 578. The van der Waals surface area contributed by atoms with E-state index in [0.29, 0.717) is 5.96 Å². The fraction of sp³-hybridized carbons (Fsp3) is 0.500. The average molecular weight is 299 g/mol. The van der Waals surface area contributed by atoms with E-state index in [9.17, 15) is 0 Å². The molecular formula is C18H25N3O. The maximum Gasteiger partial charge on any atom is 0.193 e. The van der Waals surface area contributed by atoms with Gasteiger partial charge in [0.05, 0.1) is 13.2 Å². The maximum atomic E-state index is 6.05. The molecule has 118 valence electrons. The van der Waals surface area contributed by atoms with Crippen molar-refractivity contribution in [2.75, 3.05) is 25.1 Å². The molecule has 0 fully saturated rings. The SMILES string of the molecule is NC(=NCCC1=CCOCC1)Nc1cccc2c1CCCC2. The molecule has 4 heteroatoms. The number of aryl methyl sites for hydroxylation is 1. The molecule has 3 rings (SSSR count). The number of hydrogen-bond donors (Lipinski definition) is 2. The lowest BCUT2D eigenvalue weighted by atomic mass is 9.90. The van der Waals surface area contributed by atoms with E-state index >= 15 is 0 Å². The van der Waals surface area contributed by atoms with E-state index < -0.39 is 0 Å². The highest BCUT2D eigenvalue weighted by atomic mass is 16.5. The number of anilines is 1. The van der Waals surface area contributed by atoms with Gasteiger partial charge >= 0.3 is 0 Å². The normalized spacial score (nSPS) is 18.5.